The van der Waals surface area contributed by atoms with E-state index in [-0.39, 0.29) is 24.0 Å². The van der Waals surface area contributed by atoms with Crippen LogP contribution in [0.15, 0.2) is 4.99 Å². The van der Waals surface area contributed by atoms with Crippen LogP contribution in [0, 0.1) is 11.8 Å². The highest BCUT2D eigenvalue weighted by Crippen LogP contribution is 2.28. The second-order valence-electron chi connectivity index (χ2n) is 5.50. The van der Waals surface area contributed by atoms with Crippen molar-refractivity contribution in [2.45, 2.75) is 47.0 Å². The largest absolute Gasteiger partial charge is 0.380 e. The van der Waals surface area contributed by atoms with Gasteiger partial charge in [-0.15, -0.1) is 24.0 Å². The molecular formula is C16H34IN3O. The van der Waals surface area contributed by atoms with Gasteiger partial charge in [-0.25, -0.2) is 0 Å². The summed E-state index contributed by atoms with van der Waals surface area (Å²) in [6.45, 7) is 14.3. The molecule has 1 fully saturated rings. The molecule has 1 heterocycles. The predicted molar refractivity (Wildman–Crippen MR) is 102 cm³/mol. The lowest BCUT2D eigenvalue weighted by atomic mass is 9.87. The van der Waals surface area contributed by atoms with Gasteiger partial charge in [-0.2, -0.15) is 0 Å². The zero-order chi connectivity index (χ0) is 14.8. The Balaban J connectivity index is 0.00000400. The Morgan fingerprint density at radius 1 is 1.29 bits per heavy atom. The monoisotopic (exact) mass is 411 g/mol. The van der Waals surface area contributed by atoms with Gasteiger partial charge in [-0.1, -0.05) is 26.7 Å². The van der Waals surface area contributed by atoms with Crippen molar-refractivity contribution < 1.29 is 4.74 Å². The number of nitrogens with one attached hydrogen (secondary N) is 1. The third-order valence-corrected chi connectivity index (χ3v) is 4.28. The van der Waals surface area contributed by atoms with Gasteiger partial charge in [0, 0.05) is 26.2 Å². The average molecular weight is 411 g/mol. The molecule has 0 radical (unpaired) electrons. The fourth-order valence-corrected chi connectivity index (χ4v) is 3.11. The van der Waals surface area contributed by atoms with Gasteiger partial charge in [0.1, 0.15) is 0 Å². The zero-order valence-electron chi connectivity index (χ0n) is 14.2. The number of ether oxygens (including phenoxy) is 1. The third-order valence-electron chi connectivity index (χ3n) is 4.28. The fraction of sp³-hybridized carbons (Fsp3) is 0.938. The summed E-state index contributed by atoms with van der Waals surface area (Å²) >= 11 is 0. The maximum atomic E-state index is 5.37. The molecular weight excluding hydrogens is 377 g/mol. The first-order chi connectivity index (χ1) is 9.76. The first-order valence-electron chi connectivity index (χ1n) is 8.37. The predicted octanol–water partition coefficient (Wildman–Crippen LogP) is 3.36. The number of aliphatic imine (C=N–C) groups is 1. The zero-order valence-corrected chi connectivity index (χ0v) is 16.6. The minimum atomic E-state index is 0. The molecule has 0 aromatic heterocycles. The van der Waals surface area contributed by atoms with Gasteiger partial charge >= 0.3 is 0 Å². The molecule has 0 aromatic rings. The van der Waals surface area contributed by atoms with Crippen molar-refractivity contribution in [2.24, 2.45) is 16.8 Å². The Hall–Kier alpha value is -0.0400. The van der Waals surface area contributed by atoms with Crippen LogP contribution in [0.25, 0.3) is 0 Å². The van der Waals surface area contributed by atoms with Crippen molar-refractivity contribution in [3.63, 3.8) is 0 Å². The molecule has 0 amide bonds. The molecule has 0 spiro atoms. The standard InChI is InChI=1S/C16H33N3O.HI/c1-5-14(6-2)15-9-11-19(13-15)16(17-7-3)18-10-12-20-8-4;/h14-15H,5-13H2,1-4H3,(H,17,18);1H. The second-order valence-corrected chi connectivity index (χ2v) is 5.50. The van der Waals surface area contributed by atoms with Crippen LogP contribution in [0.5, 0.6) is 0 Å². The molecule has 1 aliphatic rings. The summed E-state index contributed by atoms with van der Waals surface area (Å²) in [5.74, 6) is 2.77. The second kappa shape index (κ2) is 12.5. The molecule has 1 unspecified atom stereocenters. The van der Waals surface area contributed by atoms with E-state index < -0.39 is 0 Å². The number of hydrogen-bond donors (Lipinski definition) is 1. The smallest absolute Gasteiger partial charge is 0.194 e. The average Bonchev–Trinajstić information content (AvgIpc) is 2.93. The number of guanidine groups is 1. The lowest BCUT2D eigenvalue weighted by molar-refractivity contribution is 0.155. The molecule has 5 heteroatoms. The molecule has 1 rings (SSSR count). The molecule has 1 atom stereocenters. The van der Waals surface area contributed by atoms with E-state index in [0.29, 0.717) is 0 Å². The highest BCUT2D eigenvalue weighted by Gasteiger charge is 2.29. The van der Waals surface area contributed by atoms with E-state index in [1.807, 2.05) is 6.92 Å². The highest BCUT2D eigenvalue weighted by atomic mass is 127. The van der Waals surface area contributed by atoms with E-state index in [1.54, 1.807) is 0 Å². The van der Waals surface area contributed by atoms with Gasteiger partial charge in [0.2, 0.25) is 0 Å². The SMILES string of the molecule is CCNC(=NCCOCC)N1CCC(C(CC)CC)C1.I. The minimum Gasteiger partial charge on any atom is -0.380 e. The van der Waals surface area contributed by atoms with Crippen LogP contribution >= 0.6 is 24.0 Å². The molecule has 4 nitrogen and oxygen atoms in total. The third kappa shape index (κ3) is 7.17. The van der Waals surface area contributed by atoms with Gasteiger partial charge in [0.05, 0.1) is 13.2 Å². The Bertz CT molecular complexity index is 283. The van der Waals surface area contributed by atoms with Gasteiger partial charge < -0.3 is 15.0 Å². The minimum absolute atomic E-state index is 0. The Kier molecular flexibility index (Phi) is 12.5. The summed E-state index contributed by atoms with van der Waals surface area (Å²) < 4.78 is 5.37. The summed E-state index contributed by atoms with van der Waals surface area (Å²) in [6.07, 6.45) is 3.91. The van der Waals surface area contributed by atoms with E-state index in [1.165, 1.54) is 19.3 Å². The molecule has 21 heavy (non-hydrogen) atoms. The van der Waals surface area contributed by atoms with Crippen molar-refractivity contribution in [2.75, 3.05) is 39.4 Å². The van der Waals surface area contributed by atoms with Crippen LogP contribution in [0.1, 0.15) is 47.0 Å². The van der Waals surface area contributed by atoms with Crippen LogP contribution in [0.4, 0.5) is 0 Å². The van der Waals surface area contributed by atoms with Crippen molar-refractivity contribution in [3.05, 3.63) is 0 Å². The van der Waals surface area contributed by atoms with Crippen molar-refractivity contribution >= 4 is 29.9 Å². The quantitative estimate of drug-likeness (QED) is 0.288. The molecule has 0 aliphatic carbocycles. The van der Waals surface area contributed by atoms with Crippen LogP contribution in [0.2, 0.25) is 0 Å². The first kappa shape index (κ1) is 21.0. The Morgan fingerprint density at radius 2 is 2.00 bits per heavy atom. The molecule has 0 bridgehead atoms. The number of hydrogen-bond acceptors (Lipinski definition) is 2. The maximum Gasteiger partial charge on any atom is 0.194 e. The van der Waals surface area contributed by atoms with Crippen molar-refractivity contribution in [3.8, 4) is 0 Å². The van der Waals surface area contributed by atoms with Crippen LogP contribution in [-0.2, 0) is 4.74 Å². The van der Waals surface area contributed by atoms with Crippen LogP contribution in [0.3, 0.4) is 0 Å². The van der Waals surface area contributed by atoms with Gasteiger partial charge in [0.15, 0.2) is 5.96 Å². The number of halogens is 1. The van der Waals surface area contributed by atoms with Crippen LogP contribution < -0.4 is 5.32 Å². The van der Waals surface area contributed by atoms with E-state index in [0.717, 1.165) is 57.2 Å². The van der Waals surface area contributed by atoms with Gasteiger partial charge in [-0.3, -0.25) is 4.99 Å². The van der Waals surface area contributed by atoms with Crippen molar-refractivity contribution in [1.29, 1.82) is 0 Å². The van der Waals surface area contributed by atoms with E-state index in [4.69, 9.17) is 4.74 Å². The summed E-state index contributed by atoms with van der Waals surface area (Å²) in [6, 6.07) is 0. The summed E-state index contributed by atoms with van der Waals surface area (Å²) in [5.41, 5.74) is 0. The fourth-order valence-electron chi connectivity index (χ4n) is 3.11. The normalized spacial score (nSPS) is 19.0. The van der Waals surface area contributed by atoms with E-state index in [9.17, 15) is 0 Å². The molecule has 126 valence electrons. The molecule has 0 aromatic carbocycles. The Labute approximate surface area is 148 Å². The summed E-state index contributed by atoms with van der Waals surface area (Å²) in [4.78, 5) is 7.11. The number of likely N-dealkylation sites (tertiary alicyclic amines) is 1. The number of rotatable bonds is 8. The summed E-state index contributed by atoms with van der Waals surface area (Å²) in [7, 11) is 0. The Morgan fingerprint density at radius 3 is 2.57 bits per heavy atom. The van der Waals surface area contributed by atoms with Gasteiger partial charge in [0.25, 0.3) is 0 Å². The molecule has 1 saturated heterocycles. The summed E-state index contributed by atoms with van der Waals surface area (Å²) in [5, 5.41) is 3.42. The van der Waals surface area contributed by atoms with Gasteiger partial charge in [-0.05, 0) is 32.1 Å². The van der Waals surface area contributed by atoms with Crippen LogP contribution in [-0.4, -0.2) is 50.3 Å². The topological polar surface area (TPSA) is 36.9 Å². The first-order valence-corrected chi connectivity index (χ1v) is 8.37. The number of nitrogens with zero attached hydrogens (tertiary/aromatic N) is 2. The lowest BCUT2D eigenvalue weighted by Gasteiger charge is -2.24. The van der Waals surface area contributed by atoms with E-state index >= 15 is 0 Å². The molecule has 1 N–H and O–H groups in total. The van der Waals surface area contributed by atoms with Crippen molar-refractivity contribution in [1.82, 2.24) is 10.2 Å². The highest BCUT2D eigenvalue weighted by molar-refractivity contribution is 14.0. The maximum absolute atomic E-state index is 5.37. The van der Waals surface area contributed by atoms with E-state index in [2.05, 4.69) is 36.0 Å². The lowest BCUT2D eigenvalue weighted by Crippen LogP contribution is -2.40. The molecule has 1 aliphatic heterocycles. The molecule has 0 saturated carbocycles.